The Morgan fingerprint density at radius 3 is 2.65 bits per heavy atom. The van der Waals surface area contributed by atoms with Crippen molar-refractivity contribution in [1.82, 2.24) is 5.32 Å². The maximum Gasteiger partial charge on any atom is 0.339 e. The van der Waals surface area contributed by atoms with Gasteiger partial charge >= 0.3 is 5.97 Å². The number of benzene rings is 1. The zero-order valence-corrected chi connectivity index (χ0v) is 11.9. The predicted octanol–water partition coefficient (Wildman–Crippen LogP) is 1.94. The van der Waals surface area contributed by atoms with Crippen LogP contribution in [0.3, 0.4) is 0 Å². The van der Waals surface area contributed by atoms with E-state index in [0.29, 0.717) is 17.4 Å². The summed E-state index contributed by atoms with van der Waals surface area (Å²) in [6, 6.07) is 3.34. The van der Waals surface area contributed by atoms with Gasteiger partial charge in [0.05, 0.1) is 14.2 Å². The molecule has 110 valence electrons. The minimum absolute atomic E-state index is 0.187. The van der Waals surface area contributed by atoms with Crippen LogP contribution < -0.4 is 14.8 Å². The van der Waals surface area contributed by atoms with Crippen LogP contribution in [0, 0.1) is 5.92 Å². The number of carboxylic acid groups (broad SMARTS) is 1. The summed E-state index contributed by atoms with van der Waals surface area (Å²) in [5.41, 5.74) is 1.12. The summed E-state index contributed by atoms with van der Waals surface area (Å²) >= 11 is 0. The second-order valence-corrected chi connectivity index (χ2v) is 5.09. The summed E-state index contributed by atoms with van der Waals surface area (Å²) in [5.74, 6) is 0.567. The van der Waals surface area contributed by atoms with Crippen molar-refractivity contribution in [2.24, 2.45) is 5.92 Å². The Bertz CT molecular complexity index is 481. The van der Waals surface area contributed by atoms with Crippen molar-refractivity contribution >= 4 is 5.97 Å². The Labute approximate surface area is 118 Å². The van der Waals surface area contributed by atoms with E-state index in [1.165, 1.54) is 7.11 Å². The zero-order chi connectivity index (χ0) is 14.5. The molecule has 1 aliphatic rings. The standard InChI is InChI=1S/C15H21NO4/c1-19-13-8-14(20-2)12(15(17)18)7-11(13)6-10-4-3-5-16-9-10/h7-8,10,16H,3-6,9H2,1-2H3,(H,17,18). The number of rotatable bonds is 5. The fourth-order valence-electron chi connectivity index (χ4n) is 2.70. The highest BCUT2D eigenvalue weighted by Gasteiger charge is 2.20. The molecule has 2 N–H and O–H groups in total. The molecule has 1 unspecified atom stereocenters. The van der Waals surface area contributed by atoms with Crippen LogP contribution in [0.1, 0.15) is 28.8 Å². The fourth-order valence-corrected chi connectivity index (χ4v) is 2.70. The molecule has 1 heterocycles. The van der Waals surface area contributed by atoms with E-state index in [-0.39, 0.29) is 5.56 Å². The van der Waals surface area contributed by atoms with E-state index in [2.05, 4.69) is 5.32 Å². The summed E-state index contributed by atoms with van der Waals surface area (Å²) in [4.78, 5) is 11.3. The molecule has 5 heteroatoms. The lowest BCUT2D eigenvalue weighted by Gasteiger charge is -2.24. The molecule has 0 spiro atoms. The largest absolute Gasteiger partial charge is 0.496 e. The first kappa shape index (κ1) is 14.7. The fraction of sp³-hybridized carbons (Fsp3) is 0.533. The number of carbonyl (C=O) groups is 1. The normalized spacial score (nSPS) is 18.6. The lowest BCUT2D eigenvalue weighted by Crippen LogP contribution is -2.31. The molecular formula is C15H21NO4. The van der Waals surface area contributed by atoms with E-state index >= 15 is 0 Å². The van der Waals surface area contributed by atoms with Gasteiger partial charge in [0, 0.05) is 6.07 Å². The molecule has 1 aromatic carbocycles. The van der Waals surface area contributed by atoms with Crippen molar-refractivity contribution in [2.75, 3.05) is 27.3 Å². The van der Waals surface area contributed by atoms with Crippen LogP contribution in [0.2, 0.25) is 0 Å². The Balaban J connectivity index is 2.29. The molecule has 1 atom stereocenters. The highest BCUT2D eigenvalue weighted by atomic mass is 16.5. The average Bonchev–Trinajstić information content (AvgIpc) is 2.47. The first-order chi connectivity index (χ1) is 9.65. The number of carboxylic acids is 1. The van der Waals surface area contributed by atoms with Gasteiger partial charge in [0.1, 0.15) is 17.1 Å². The average molecular weight is 279 g/mol. The maximum atomic E-state index is 11.3. The third-order valence-electron chi connectivity index (χ3n) is 3.74. The molecule has 1 aliphatic heterocycles. The molecule has 1 saturated heterocycles. The third-order valence-corrected chi connectivity index (χ3v) is 3.74. The molecule has 1 fully saturated rings. The van der Waals surface area contributed by atoms with E-state index in [1.807, 2.05) is 0 Å². The van der Waals surface area contributed by atoms with Crippen molar-refractivity contribution in [2.45, 2.75) is 19.3 Å². The van der Waals surface area contributed by atoms with Crippen LogP contribution in [-0.4, -0.2) is 38.4 Å². The van der Waals surface area contributed by atoms with Crippen LogP contribution >= 0.6 is 0 Å². The minimum atomic E-state index is -0.979. The Morgan fingerprint density at radius 2 is 2.10 bits per heavy atom. The lowest BCUT2D eigenvalue weighted by molar-refractivity contribution is 0.0693. The second kappa shape index (κ2) is 6.61. The van der Waals surface area contributed by atoms with Crippen LogP contribution in [0.5, 0.6) is 11.5 Å². The van der Waals surface area contributed by atoms with E-state index in [1.54, 1.807) is 19.2 Å². The van der Waals surface area contributed by atoms with Crippen molar-refractivity contribution in [3.8, 4) is 11.5 Å². The molecule has 1 aromatic rings. The first-order valence-electron chi connectivity index (χ1n) is 6.84. The maximum absolute atomic E-state index is 11.3. The van der Waals surface area contributed by atoms with Crippen LogP contribution in [0.4, 0.5) is 0 Å². The van der Waals surface area contributed by atoms with Crippen LogP contribution in [-0.2, 0) is 6.42 Å². The van der Waals surface area contributed by atoms with E-state index < -0.39 is 5.97 Å². The number of hydrogen-bond acceptors (Lipinski definition) is 4. The number of nitrogens with one attached hydrogen (secondary N) is 1. The smallest absolute Gasteiger partial charge is 0.339 e. The minimum Gasteiger partial charge on any atom is -0.496 e. The Morgan fingerprint density at radius 1 is 1.35 bits per heavy atom. The number of hydrogen-bond donors (Lipinski definition) is 2. The van der Waals surface area contributed by atoms with Gasteiger partial charge in [-0.25, -0.2) is 4.79 Å². The van der Waals surface area contributed by atoms with Gasteiger partial charge in [-0.3, -0.25) is 0 Å². The summed E-state index contributed by atoms with van der Waals surface area (Å²) in [6.07, 6.45) is 3.14. The molecule has 0 radical (unpaired) electrons. The van der Waals surface area contributed by atoms with Gasteiger partial charge in [0.15, 0.2) is 0 Å². The second-order valence-electron chi connectivity index (χ2n) is 5.09. The summed E-state index contributed by atoms with van der Waals surface area (Å²) in [5, 5.41) is 12.6. The molecular weight excluding hydrogens is 258 g/mol. The van der Waals surface area contributed by atoms with Gasteiger partial charge in [0.2, 0.25) is 0 Å². The molecule has 5 nitrogen and oxygen atoms in total. The van der Waals surface area contributed by atoms with Gasteiger partial charge in [0.25, 0.3) is 0 Å². The molecule has 20 heavy (non-hydrogen) atoms. The highest BCUT2D eigenvalue weighted by molar-refractivity contribution is 5.91. The van der Waals surface area contributed by atoms with Crippen LogP contribution in [0.25, 0.3) is 0 Å². The number of aromatic carboxylic acids is 1. The number of piperidine rings is 1. The summed E-state index contributed by atoms with van der Waals surface area (Å²) in [6.45, 7) is 2.04. The summed E-state index contributed by atoms with van der Waals surface area (Å²) < 4.78 is 10.5. The third kappa shape index (κ3) is 3.22. The number of methoxy groups -OCH3 is 2. The van der Waals surface area contributed by atoms with Gasteiger partial charge in [-0.1, -0.05) is 0 Å². The van der Waals surface area contributed by atoms with Crippen molar-refractivity contribution in [3.63, 3.8) is 0 Å². The first-order valence-corrected chi connectivity index (χ1v) is 6.84. The molecule has 0 bridgehead atoms. The molecule has 2 rings (SSSR count). The van der Waals surface area contributed by atoms with Crippen LogP contribution in [0.15, 0.2) is 12.1 Å². The summed E-state index contributed by atoms with van der Waals surface area (Å²) in [7, 11) is 3.06. The molecule has 0 saturated carbocycles. The Hall–Kier alpha value is -1.75. The topological polar surface area (TPSA) is 67.8 Å². The predicted molar refractivity (Wildman–Crippen MR) is 75.8 cm³/mol. The van der Waals surface area contributed by atoms with Crippen molar-refractivity contribution < 1.29 is 19.4 Å². The highest BCUT2D eigenvalue weighted by Crippen LogP contribution is 2.31. The lowest BCUT2D eigenvalue weighted by atomic mass is 9.91. The monoisotopic (exact) mass is 279 g/mol. The van der Waals surface area contributed by atoms with Gasteiger partial charge in [-0.05, 0) is 49.9 Å². The SMILES string of the molecule is COc1cc(OC)c(C(=O)O)cc1CC1CCCNC1. The number of ether oxygens (including phenoxy) is 2. The molecule has 0 amide bonds. The molecule has 0 aliphatic carbocycles. The van der Waals surface area contributed by atoms with Gasteiger partial charge < -0.3 is 19.9 Å². The van der Waals surface area contributed by atoms with E-state index in [9.17, 15) is 9.90 Å². The van der Waals surface area contributed by atoms with Crippen molar-refractivity contribution in [1.29, 1.82) is 0 Å². The van der Waals surface area contributed by atoms with Gasteiger partial charge in [-0.2, -0.15) is 0 Å². The van der Waals surface area contributed by atoms with E-state index in [4.69, 9.17) is 9.47 Å². The quantitative estimate of drug-likeness (QED) is 0.862. The van der Waals surface area contributed by atoms with Gasteiger partial charge in [-0.15, -0.1) is 0 Å². The zero-order valence-electron chi connectivity index (χ0n) is 11.9. The molecule has 0 aromatic heterocycles. The Kier molecular flexibility index (Phi) is 4.84. The van der Waals surface area contributed by atoms with E-state index in [0.717, 1.165) is 37.9 Å². The van der Waals surface area contributed by atoms with Crippen molar-refractivity contribution in [3.05, 3.63) is 23.3 Å².